The fourth-order valence-electron chi connectivity index (χ4n) is 2.72. The van der Waals surface area contributed by atoms with Crippen molar-refractivity contribution in [2.24, 2.45) is 5.73 Å². The third-order valence-electron chi connectivity index (χ3n) is 3.96. The summed E-state index contributed by atoms with van der Waals surface area (Å²) in [5.74, 6) is -1.61. The predicted octanol–water partition coefficient (Wildman–Crippen LogP) is 4.26. The number of hydrogen-bond donors (Lipinski definition) is 1. The molecule has 106 valence electrons. The van der Waals surface area contributed by atoms with Crippen LogP contribution in [0, 0.1) is 18.6 Å². The Hall–Kier alpha value is -1.26. The van der Waals surface area contributed by atoms with Crippen LogP contribution >= 0.6 is 11.3 Å². The molecule has 3 rings (SSSR count). The van der Waals surface area contributed by atoms with Crippen LogP contribution in [0.3, 0.4) is 0 Å². The van der Waals surface area contributed by atoms with Crippen molar-refractivity contribution in [1.29, 1.82) is 0 Å². The summed E-state index contributed by atoms with van der Waals surface area (Å²) in [7, 11) is 0. The summed E-state index contributed by atoms with van der Waals surface area (Å²) in [6.45, 7) is 1.55. The Morgan fingerprint density at radius 2 is 1.90 bits per heavy atom. The maximum atomic E-state index is 14.0. The summed E-state index contributed by atoms with van der Waals surface area (Å²) < 4.78 is 27.7. The minimum Gasteiger partial charge on any atom is -0.320 e. The van der Waals surface area contributed by atoms with Crippen LogP contribution in [0.5, 0.6) is 0 Å². The van der Waals surface area contributed by atoms with Crippen LogP contribution in [0.4, 0.5) is 8.78 Å². The number of thiophene rings is 1. The van der Waals surface area contributed by atoms with E-state index in [1.807, 2.05) is 0 Å². The number of rotatable bonds is 2. The quantitative estimate of drug-likeness (QED) is 0.879. The standard InChI is InChI=1S/C16H17F2NS/c1-9-6-7-11(15(18)14(9)17)16(19)13-8-10-4-2-3-5-12(10)20-13/h6-8,16H,2-5,19H2,1H3. The van der Waals surface area contributed by atoms with Gasteiger partial charge in [-0.05, 0) is 49.8 Å². The second kappa shape index (κ2) is 5.26. The number of hydrogen-bond acceptors (Lipinski definition) is 2. The molecule has 1 aromatic carbocycles. The van der Waals surface area contributed by atoms with E-state index >= 15 is 0 Å². The Kier molecular flexibility index (Phi) is 3.61. The van der Waals surface area contributed by atoms with Gasteiger partial charge in [-0.15, -0.1) is 11.3 Å². The van der Waals surface area contributed by atoms with Crippen molar-refractivity contribution in [3.8, 4) is 0 Å². The molecule has 0 spiro atoms. The van der Waals surface area contributed by atoms with Gasteiger partial charge in [-0.2, -0.15) is 0 Å². The van der Waals surface area contributed by atoms with Gasteiger partial charge in [0.15, 0.2) is 11.6 Å². The van der Waals surface area contributed by atoms with E-state index in [0.29, 0.717) is 5.56 Å². The first-order chi connectivity index (χ1) is 9.58. The molecule has 2 N–H and O–H groups in total. The highest BCUT2D eigenvalue weighted by Crippen LogP contribution is 2.35. The average molecular weight is 293 g/mol. The van der Waals surface area contributed by atoms with Gasteiger partial charge in [0.1, 0.15) is 0 Å². The highest BCUT2D eigenvalue weighted by molar-refractivity contribution is 7.12. The van der Waals surface area contributed by atoms with Gasteiger partial charge in [-0.1, -0.05) is 12.1 Å². The van der Waals surface area contributed by atoms with E-state index in [-0.39, 0.29) is 5.56 Å². The van der Waals surface area contributed by atoms with E-state index in [2.05, 4.69) is 6.07 Å². The molecule has 1 nitrogen and oxygen atoms in total. The lowest BCUT2D eigenvalue weighted by Crippen LogP contribution is -2.13. The molecule has 1 aliphatic rings. The van der Waals surface area contributed by atoms with Crippen LogP contribution in [0.15, 0.2) is 18.2 Å². The minimum absolute atomic E-state index is 0.242. The number of aryl methyl sites for hydroxylation is 3. The molecule has 1 aromatic heterocycles. The fraction of sp³-hybridized carbons (Fsp3) is 0.375. The molecule has 2 aromatic rings. The highest BCUT2D eigenvalue weighted by Gasteiger charge is 2.22. The monoisotopic (exact) mass is 293 g/mol. The van der Waals surface area contributed by atoms with Crippen molar-refractivity contribution in [1.82, 2.24) is 0 Å². The van der Waals surface area contributed by atoms with Crippen LogP contribution in [0.2, 0.25) is 0 Å². The molecule has 0 saturated heterocycles. The molecule has 1 atom stereocenters. The summed E-state index contributed by atoms with van der Waals surface area (Å²) in [4.78, 5) is 2.29. The van der Waals surface area contributed by atoms with Crippen LogP contribution in [0.1, 0.15) is 45.3 Å². The normalized spacial score (nSPS) is 16.0. The molecule has 1 unspecified atom stereocenters. The summed E-state index contributed by atoms with van der Waals surface area (Å²) in [6, 6.07) is 4.67. The van der Waals surface area contributed by atoms with Crippen LogP contribution in [0.25, 0.3) is 0 Å². The first-order valence-electron chi connectivity index (χ1n) is 6.89. The second-order valence-corrected chi connectivity index (χ2v) is 6.55. The van der Waals surface area contributed by atoms with Crippen molar-refractivity contribution in [3.05, 3.63) is 56.3 Å². The van der Waals surface area contributed by atoms with Crippen molar-refractivity contribution < 1.29 is 8.78 Å². The van der Waals surface area contributed by atoms with Crippen LogP contribution < -0.4 is 5.73 Å². The first-order valence-corrected chi connectivity index (χ1v) is 7.71. The SMILES string of the molecule is Cc1ccc(C(N)c2cc3c(s2)CCCC3)c(F)c1F. The number of benzene rings is 1. The van der Waals surface area contributed by atoms with E-state index < -0.39 is 17.7 Å². The molecule has 4 heteroatoms. The van der Waals surface area contributed by atoms with Crippen molar-refractivity contribution in [2.75, 3.05) is 0 Å². The van der Waals surface area contributed by atoms with Gasteiger partial charge in [0.05, 0.1) is 6.04 Å². The molecule has 20 heavy (non-hydrogen) atoms. The molecule has 0 amide bonds. The van der Waals surface area contributed by atoms with Gasteiger partial charge in [-0.3, -0.25) is 0 Å². The van der Waals surface area contributed by atoms with Gasteiger partial charge in [0, 0.05) is 15.3 Å². The average Bonchev–Trinajstić information content (AvgIpc) is 2.88. The van der Waals surface area contributed by atoms with E-state index in [0.717, 1.165) is 17.7 Å². The summed E-state index contributed by atoms with van der Waals surface area (Å²) in [5, 5.41) is 0. The molecule has 1 aliphatic carbocycles. The Morgan fingerprint density at radius 3 is 2.65 bits per heavy atom. The molecule has 0 fully saturated rings. The molecule has 1 heterocycles. The van der Waals surface area contributed by atoms with Gasteiger partial charge in [-0.25, -0.2) is 8.78 Å². The van der Waals surface area contributed by atoms with Crippen LogP contribution in [-0.2, 0) is 12.8 Å². The molecule has 0 aliphatic heterocycles. The zero-order chi connectivity index (χ0) is 14.3. The lowest BCUT2D eigenvalue weighted by Gasteiger charge is -2.12. The van der Waals surface area contributed by atoms with Gasteiger partial charge in [0.25, 0.3) is 0 Å². The van der Waals surface area contributed by atoms with E-state index in [9.17, 15) is 8.78 Å². The Labute approximate surface area is 121 Å². The fourth-order valence-corrected chi connectivity index (χ4v) is 4.00. The highest BCUT2D eigenvalue weighted by atomic mass is 32.1. The second-order valence-electron chi connectivity index (χ2n) is 5.38. The topological polar surface area (TPSA) is 26.0 Å². The summed E-state index contributed by atoms with van der Waals surface area (Å²) in [6.07, 6.45) is 4.56. The van der Waals surface area contributed by atoms with Gasteiger partial charge in [0.2, 0.25) is 0 Å². The maximum Gasteiger partial charge on any atom is 0.164 e. The smallest absolute Gasteiger partial charge is 0.164 e. The Morgan fingerprint density at radius 1 is 1.15 bits per heavy atom. The van der Waals surface area contributed by atoms with Gasteiger partial charge >= 0.3 is 0 Å². The Balaban J connectivity index is 1.98. The maximum absolute atomic E-state index is 14.0. The Bertz CT molecular complexity index is 625. The van der Waals surface area contributed by atoms with E-state index in [1.165, 1.54) is 23.3 Å². The summed E-state index contributed by atoms with van der Waals surface area (Å²) >= 11 is 1.64. The predicted molar refractivity (Wildman–Crippen MR) is 78.1 cm³/mol. The lowest BCUT2D eigenvalue weighted by atomic mass is 9.97. The molecular formula is C16H17F2NS. The third-order valence-corrected chi connectivity index (χ3v) is 5.28. The molecule has 0 saturated carbocycles. The number of nitrogens with two attached hydrogens (primary N) is 1. The van der Waals surface area contributed by atoms with E-state index in [1.54, 1.807) is 30.4 Å². The largest absolute Gasteiger partial charge is 0.320 e. The van der Waals surface area contributed by atoms with Crippen molar-refractivity contribution >= 4 is 11.3 Å². The van der Waals surface area contributed by atoms with Gasteiger partial charge < -0.3 is 5.73 Å². The third kappa shape index (κ3) is 2.27. The number of halogens is 2. The van der Waals surface area contributed by atoms with E-state index in [4.69, 9.17) is 5.73 Å². The van der Waals surface area contributed by atoms with Crippen molar-refractivity contribution in [2.45, 2.75) is 38.6 Å². The zero-order valence-corrected chi connectivity index (χ0v) is 12.2. The molecule has 0 radical (unpaired) electrons. The number of fused-ring (bicyclic) bond motifs is 1. The zero-order valence-electron chi connectivity index (χ0n) is 11.4. The molecule has 0 bridgehead atoms. The summed E-state index contributed by atoms with van der Waals surface area (Å²) in [5.41, 5.74) is 8.04. The van der Waals surface area contributed by atoms with Crippen molar-refractivity contribution in [3.63, 3.8) is 0 Å². The lowest BCUT2D eigenvalue weighted by molar-refractivity contribution is 0.490. The molecular weight excluding hydrogens is 276 g/mol. The van der Waals surface area contributed by atoms with Crippen LogP contribution in [-0.4, -0.2) is 0 Å². The minimum atomic E-state index is -0.816. The first kappa shape index (κ1) is 13.7.